The van der Waals surface area contributed by atoms with Crippen molar-refractivity contribution in [2.75, 3.05) is 6.26 Å². The summed E-state index contributed by atoms with van der Waals surface area (Å²) in [4.78, 5) is 11.6. The van der Waals surface area contributed by atoms with E-state index in [9.17, 15) is 13.2 Å². The Morgan fingerprint density at radius 1 is 1.31 bits per heavy atom. The number of sulfone groups is 1. The highest BCUT2D eigenvalue weighted by atomic mass is 127. The lowest BCUT2D eigenvalue weighted by molar-refractivity contribution is -0.124. The van der Waals surface area contributed by atoms with Crippen molar-refractivity contribution in [2.24, 2.45) is 5.41 Å². The van der Waals surface area contributed by atoms with Gasteiger partial charge in [0, 0.05) is 11.7 Å². The molecule has 0 rings (SSSR count). The third-order valence-electron chi connectivity index (χ3n) is 1.41. The van der Waals surface area contributed by atoms with Gasteiger partial charge in [-0.3, -0.25) is 4.79 Å². The summed E-state index contributed by atoms with van der Waals surface area (Å²) < 4.78 is 20.5. The zero-order valence-electron chi connectivity index (χ0n) is 7.89. The summed E-state index contributed by atoms with van der Waals surface area (Å²) in [5.74, 6) is -0.496. The topological polar surface area (TPSA) is 51.2 Å². The molecule has 13 heavy (non-hydrogen) atoms. The Hall–Kier alpha value is 0.640. The maximum absolute atomic E-state index is 11.6. The first-order valence-corrected chi connectivity index (χ1v) is 6.88. The van der Waals surface area contributed by atoms with Crippen molar-refractivity contribution in [2.45, 2.75) is 23.0 Å². The molecule has 0 fully saturated rings. The zero-order valence-corrected chi connectivity index (χ0v) is 11.6. The van der Waals surface area contributed by atoms with Gasteiger partial charge in [0.25, 0.3) is 2.21 Å². The summed E-state index contributed by atoms with van der Waals surface area (Å²) in [6.45, 7) is 4.91. The van der Waals surface area contributed by atoms with E-state index in [-0.39, 0.29) is 0 Å². The molecule has 78 valence electrons. The molecular formula is C7H12ClIO3S. The van der Waals surface area contributed by atoms with E-state index in [4.69, 9.17) is 11.6 Å². The molecule has 0 radical (unpaired) electrons. The number of ketones is 1. The Morgan fingerprint density at radius 2 is 1.62 bits per heavy atom. The Labute approximate surface area is 97.3 Å². The van der Waals surface area contributed by atoms with E-state index in [0.29, 0.717) is 0 Å². The normalized spacial score (nSPS) is 18.0. The molecule has 0 aliphatic carbocycles. The number of halogens is 2. The molecule has 0 heterocycles. The predicted molar refractivity (Wildman–Crippen MR) is 61.9 cm³/mol. The fourth-order valence-corrected chi connectivity index (χ4v) is 2.34. The molecule has 0 saturated carbocycles. The lowest BCUT2D eigenvalue weighted by Gasteiger charge is -2.25. The van der Waals surface area contributed by atoms with Crippen LogP contribution in [-0.4, -0.2) is 22.7 Å². The van der Waals surface area contributed by atoms with E-state index >= 15 is 0 Å². The minimum absolute atomic E-state index is 0.496. The van der Waals surface area contributed by atoms with Crippen molar-refractivity contribution >= 4 is 49.8 Å². The molecule has 3 nitrogen and oxygen atoms in total. The van der Waals surface area contributed by atoms with Gasteiger partial charge < -0.3 is 0 Å². The Balaban J connectivity index is 5.23. The number of hydrogen-bond acceptors (Lipinski definition) is 3. The van der Waals surface area contributed by atoms with E-state index in [1.54, 1.807) is 20.8 Å². The number of rotatable bonds is 2. The van der Waals surface area contributed by atoms with E-state index < -0.39 is 23.2 Å². The van der Waals surface area contributed by atoms with Crippen molar-refractivity contribution in [3.63, 3.8) is 0 Å². The summed E-state index contributed by atoms with van der Waals surface area (Å²) >= 11 is 7.16. The highest BCUT2D eigenvalue weighted by molar-refractivity contribution is 14.1. The standard InChI is InChI=1S/C7H12ClIO3S/c1-6(2,3)5(10)7(8,9)13(4,11)12/h1-4H3/t7-/m1/s1. The van der Waals surface area contributed by atoms with E-state index in [0.717, 1.165) is 6.26 Å². The summed E-state index contributed by atoms with van der Waals surface area (Å²) in [5, 5.41) is 0. The highest BCUT2D eigenvalue weighted by Gasteiger charge is 2.48. The molecule has 0 aromatic rings. The smallest absolute Gasteiger partial charge is 0.253 e. The molecule has 0 N–H and O–H groups in total. The molecule has 0 amide bonds. The first-order chi connectivity index (χ1) is 5.40. The van der Waals surface area contributed by atoms with Crippen LogP contribution in [0.1, 0.15) is 20.8 Å². The zero-order chi connectivity index (χ0) is 11.1. The molecule has 0 bridgehead atoms. The van der Waals surface area contributed by atoms with Crippen LogP contribution in [0.2, 0.25) is 0 Å². The fraction of sp³-hybridized carbons (Fsp3) is 0.857. The van der Waals surface area contributed by atoms with E-state index in [1.165, 1.54) is 22.6 Å². The van der Waals surface area contributed by atoms with Crippen molar-refractivity contribution in [1.82, 2.24) is 0 Å². The van der Waals surface area contributed by atoms with Gasteiger partial charge in [-0.15, -0.1) is 0 Å². The van der Waals surface area contributed by atoms with Gasteiger partial charge in [0.2, 0.25) is 0 Å². The van der Waals surface area contributed by atoms with Crippen LogP contribution < -0.4 is 0 Å². The number of alkyl halides is 2. The third-order valence-corrected chi connectivity index (χ3v) is 6.43. The number of carbonyl (C=O) groups excluding carboxylic acids is 1. The SMILES string of the molecule is CC(C)(C)C(=O)[C@@](Cl)(I)S(C)(=O)=O. The molecular weight excluding hydrogens is 326 g/mol. The van der Waals surface area contributed by atoms with Gasteiger partial charge in [0.15, 0.2) is 15.6 Å². The van der Waals surface area contributed by atoms with E-state index in [2.05, 4.69) is 0 Å². The molecule has 0 aromatic heterocycles. The maximum Gasteiger partial charge on any atom is 0.253 e. The van der Waals surface area contributed by atoms with Crippen molar-refractivity contribution in [3.05, 3.63) is 0 Å². The second kappa shape index (κ2) is 3.66. The second-order valence-electron chi connectivity index (χ2n) is 3.87. The number of Topliss-reactive ketones (excluding diaryl/α,β-unsaturated/α-hetero) is 1. The maximum atomic E-state index is 11.6. The van der Waals surface area contributed by atoms with Crippen molar-refractivity contribution in [1.29, 1.82) is 0 Å². The van der Waals surface area contributed by atoms with E-state index in [1.807, 2.05) is 0 Å². The fourth-order valence-electron chi connectivity index (χ4n) is 0.605. The summed E-state index contributed by atoms with van der Waals surface area (Å²) in [7, 11) is -3.58. The van der Waals surface area contributed by atoms with Gasteiger partial charge in [-0.05, 0) is 22.6 Å². The third kappa shape index (κ3) is 3.06. The monoisotopic (exact) mass is 338 g/mol. The van der Waals surface area contributed by atoms with Gasteiger partial charge in [-0.25, -0.2) is 8.42 Å². The Morgan fingerprint density at radius 3 is 1.69 bits per heavy atom. The minimum atomic E-state index is -3.58. The van der Waals surface area contributed by atoms with Gasteiger partial charge >= 0.3 is 0 Å². The first kappa shape index (κ1) is 13.6. The molecule has 6 heteroatoms. The lowest BCUT2D eigenvalue weighted by Crippen LogP contribution is -2.41. The van der Waals surface area contributed by atoms with Crippen molar-refractivity contribution in [3.8, 4) is 0 Å². The quantitative estimate of drug-likeness (QED) is 0.571. The Bertz CT molecular complexity index is 313. The summed E-state index contributed by atoms with van der Waals surface area (Å²) in [6.07, 6.45) is 0.954. The Kier molecular flexibility index (Phi) is 3.84. The first-order valence-electron chi connectivity index (χ1n) is 3.53. The van der Waals surface area contributed by atoms with Crippen LogP contribution in [0.5, 0.6) is 0 Å². The summed E-state index contributed by atoms with van der Waals surface area (Å²) in [5.41, 5.74) is -0.758. The molecule has 0 aromatic carbocycles. The van der Waals surface area contributed by atoms with Gasteiger partial charge in [0.05, 0.1) is 0 Å². The van der Waals surface area contributed by atoms with Crippen LogP contribution in [-0.2, 0) is 14.6 Å². The van der Waals surface area contributed by atoms with Crippen LogP contribution >= 0.6 is 34.2 Å². The van der Waals surface area contributed by atoms with Crippen LogP contribution in [0.4, 0.5) is 0 Å². The van der Waals surface area contributed by atoms with Gasteiger partial charge in [-0.1, -0.05) is 32.4 Å². The molecule has 1 atom stereocenters. The number of carbonyl (C=O) groups is 1. The predicted octanol–water partition coefficient (Wildman–Crippen LogP) is 1.97. The van der Waals surface area contributed by atoms with Gasteiger partial charge in [0.1, 0.15) is 0 Å². The summed E-state index contributed by atoms with van der Waals surface area (Å²) in [6, 6.07) is 0. The average molecular weight is 339 g/mol. The largest absolute Gasteiger partial charge is 0.295 e. The molecule has 0 spiro atoms. The average Bonchev–Trinajstić information content (AvgIpc) is 1.81. The molecule has 0 unspecified atom stereocenters. The van der Waals surface area contributed by atoms with Gasteiger partial charge in [-0.2, -0.15) is 0 Å². The van der Waals surface area contributed by atoms with Crippen LogP contribution in [0.15, 0.2) is 0 Å². The molecule has 0 saturated heterocycles. The highest BCUT2D eigenvalue weighted by Crippen LogP contribution is 2.37. The van der Waals surface area contributed by atoms with Crippen LogP contribution in [0.25, 0.3) is 0 Å². The molecule has 0 aliphatic heterocycles. The van der Waals surface area contributed by atoms with Crippen molar-refractivity contribution < 1.29 is 13.2 Å². The lowest BCUT2D eigenvalue weighted by atomic mass is 9.92. The number of hydrogen-bond donors (Lipinski definition) is 0. The minimum Gasteiger partial charge on any atom is -0.295 e. The molecule has 0 aliphatic rings. The second-order valence-corrected chi connectivity index (χ2v) is 9.80. The van der Waals surface area contributed by atoms with Crippen LogP contribution in [0, 0.1) is 5.41 Å². The van der Waals surface area contributed by atoms with Crippen LogP contribution in [0.3, 0.4) is 0 Å².